The Hall–Kier alpha value is -3.50. The van der Waals surface area contributed by atoms with E-state index in [0.717, 1.165) is 26.7 Å². The van der Waals surface area contributed by atoms with Crippen molar-refractivity contribution in [2.24, 2.45) is 0 Å². The number of carbonyl (C=O) groups excluding carboxylic acids is 2. The molecule has 0 aromatic heterocycles. The predicted octanol–water partition coefficient (Wildman–Crippen LogP) is 5.64. The van der Waals surface area contributed by atoms with Crippen LogP contribution in [0.4, 0.5) is 5.69 Å². The van der Waals surface area contributed by atoms with Gasteiger partial charge in [0.15, 0.2) is 0 Å². The average Bonchev–Trinajstić information content (AvgIpc) is 2.98. The number of benzene rings is 3. The van der Waals surface area contributed by atoms with Crippen LogP contribution in [0, 0.1) is 6.92 Å². The average molecular weight is 612 g/mol. The zero-order valence-corrected chi connectivity index (χ0v) is 26.8. The molecule has 3 rings (SSSR count). The summed E-state index contributed by atoms with van der Waals surface area (Å²) in [5.74, 6) is -0.481. The molecule has 0 aliphatic heterocycles. The molecule has 0 aliphatic rings. The second kappa shape index (κ2) is 15.1. The van der Waals surface area contributed by atoms with Gasteiger partial charge < -0.3 is 15.0 Å². The van der Waals surface area contributed by atoms with Gasteiger partial charge >= 0.3 is 0 Å². The van der Waals surface area contributed by atoms with Crippen molar-refractivity contribution in [2.75, 3.05) is 23.7 Å². The van der Waals surface area contributed by atoms with Crippen LogP contribution in [0.5, 0.6) is 5.75 Å². The van der Waals surface area contributed by atoms with Crippen LogP contribution in [0.1, 0.15) is 45.2 Å². The standard InChI is InChI=1S/C32H41N3O5S2/c1-7-24(4)33-32(37)25(5)34(21-26-13-11-12-23(3)20-26)31(36)22-35(29-14-9-10-15-30(29)40-8-2)42(38,39)28-18-16-27(41-6)17-19-28/h9-20,24-25H,7-8,21-22H2,1-6H3,(H,33,37)/t24-,25-/m0/s1. The van der Waals surface area contributed by atoms with Gasteiger partial charge in [-0.25, -0.2) is 8.42 Å². The molecule has 0 spiro atoms. The topological polar surface area (TPSA) is 96.0 Å². The Morgan fingerprint density at radius 3 is 2.29 bits per heavy atom. The number of ether oxygens (including phenoxy) is 1. The van der Waals surface area contributed by atoms with Crippen molar-refractivity contribution < 1.29 is 22.7 Å². The van der Waals surface area contributed by atoms with E-state index in [4.69, 9.17) is 4.74 Å². The summed E-state index contributed by atoms with van der Waals surface area (Å²) >= 11 is 1.50. The summed E-state index contributed by atoms with van der Waals surface area (Å²) in [5, 5.41) is 2.95. The maximum absolute atomic E-state index is 14.2. The molecule has 0 saturated heterocycles. The highest BCUT2D eigenvalue weighted by Gasteiger charge is 2.34. The van der Waals surface area contributed by atoms with Crippen molar-refractivity contribution in [1.82, 2.24) is 10.2 Å². The van der Waals surface area contributed by atoms with E-state index >= 15 is 0 Å². The molecule has 0 saturated carbocycles. The molecule has 42 heavy (non-hydrogen) atoms. The third-order valence-corrected chi connectivity index (χ3v) is 9.48. The van der Waals surface area contributed by atoms with Gasteiger partial charge in [-0.3, -0.25) is 13.9 Å². The first kappa shape index (κ1) is 33.0. The summed E-state index contributed by atoms with van der Waals surface area (Å²) in [6.45, 7) is 9.23. The van der Waals surface area contributed by atoms with Crippen LogP contribution >= 0.6 is 11.8 Å². The van der Waals surface area contributed by atoms with E-state index in [1.165, 1.54) is 28.8 Å². The second-order valence-corrected chi connectivity index (χ2v) is 12.8. The first-order chi connectivity index (χ1) is 20.0. The molecule has 0 heterocycles. The Bertz CT molecular complexity index is 1460. The highest BCUT2D eigenvalue weighted by atomic mass is 32.2. The van der Waals surface area contributed by atoms with E-state index in [2.05, 4.69) is 5.32 Å². The maximum atomic E-state index is 14.2. The number of sulfonamides is 1. The Morgan fingerprint density at radius 1 is 0.976 bits per heavy atom. The van der Waals surface area contributed by atoms with Crippen LogP contribution in [0.2, 0.25) is 0 Å². The lowest BCUT2D eigenvalue weighted by Crippen LogP contribution is -2.52. The first-order valence-electron chi connectivity index (χ1n) is 14.1. The molecule has 3 aromatic rings. The van der Waals surface area contributed by atoms with Crippen LogP contribution in [0.25, 0.3) is 0 Å². The van der Waals surface area contributed by atoms with Gasteiger partial charge in [0, 0.05) is 17.5 Å². The van der Waals surface area contributed by atoms with Gasteiger partial charge in [0.05, 0.1) is 17.2 Å². The third-order valence-electron chi connectivity index (χ3n) is 6.96. The second-order valence-electron chi connectivity index (χ2n) is 10.1. The molecule has 0 bridgehead atoms. The Labute approximate surface area is 254 Å². The van der Waals surface area contributed by atoms with Crippen LogP contribution in [-0.4, -0.2) is 56.6 Å². The molecule has 3 aromatic carbocycles. The largest absolute Gasteiger partial charge is 0.492 e. The van der Waals surface area contributed by atoms with Gasteiger partial charge in [0.25, 0.3) is 10.0 Å². The molecular formula is C32H41N3O5S2. The molecule has 1 N–H and O–H groups in total. The predicted molar refractivity (Wildman–Crippen MR) is 169 cm³/mol. The van der Waals surface area contributed by atoms with Crippen molar-refractivity contribution in [3.63, 3.8) is 0 Å². The summed E-state index contributed by atoms with van der Waals surface area (Å²) in [6, 6.07) is 20.1. The van der Waals surface area contributed by atoms with E-state index in [1.54, 1.807) is 43.3 Å². The minimum Gasteiger partial charge on any atom is -0.492 e. The van der Waals surface area contributed by atoms with E-state index in [-0.39, 0.29) is 29.1 Å². The summed E-state index contributed by atoms with van der Waals surface area (Å²) < 4.78 is 35.2. The molecule has 0 aliphatic carbocycles. The van der Waals surface area contributed by atoms with E-state index in [0.29, 0.717) is 12.4 Å². The molecule has 2 atom stereocenters. The van der Waals surface area contributed by atoms with E-state index in [1.807, 2.05) is 58.2 Å². The fourth-order valence-electron chi connectivity index (χ4n) is 4.38. The fraction of sp³-hybridized carbons (Fsp3) is 0.375. The summed E-state index contributed by atoms with van der Waals surface area (Å²) in [6.07, 6.45) is 2.65. The van der Waals surface area contributed by atoms with Crippen molar-refractivity contribution in [3.05, 3.63) is 83.9 Å². The van der Waals surface area contributed by atoms with E-state index in [9.17, 15) is 18.0 Å². The smallest absolute Gasteiger partial charge is 0.264 e. The Kier molecular flexibility index (Phi) is 11.9. The number of anilines is 1. The normalized spacial score (nSPS) is 12.7. The number of hydrogen-bond donors (Lipinski definition) is 1. The van der Waals surface area contributed by atoms with Crippen LogP contribution in [0.3, 0.4) is 0 Å². The lowest BCUT2D eigenvalue weighted by Gasteiger charge is -2.33. The molecule has 0 fully saturated rings. The fourth-order valence-corrected chi connectivity index (χ4v) is 6.22. The Balaban J connectivity index is 2.08. The highest BCUT2D eigenvalue weighted by molar-refractivity contribution is 7.98. The van der Waals surface area contributed by atoms with Crippen LogP contribution < -0.4 is 14.4 Å². The quantitative estimate of drug-likeness (QED) is 0.237. The number of thioether (sulfide) groups is 1. The van der Waals surface area contributed by atoms with Crippen molar-refractivity contribution in [2.45, 2.75) is 69.5 Å². The van der Waals surface area contributed by atoms with Crippen molar-refractivity contribution in [3.8, 4) is 5.75 Å². The van der Waals surface area contributed by atoms with Gasteiger partial charge in [0.1, 0.15) is 18.3 Å². The van der Waals surface area contributed by atoms with Crippen LogP contribution in [0.15, 0.2) is 82.6 Å². The Morgan fingerprint density at radius 2 is 1.67 bits per heavy atom. The third kappa shape index (κ3) is 8.29. The number of carbonyl (C=O) groups is 2. The number of aryl methyl sites for hydroxylation is 1. The SMILES string of the molecule is CCOc1ccccc1N(CC(=O)N(Cc1cccc(C)c1)[C@@H](C)C(=O)N[C@@H](C)CC)S(=O)(=O)c1ccc(SC)cc1. The number of nitrogens with one attached hydrogen (secondary N) is 1. The number of rotatable bonds is 14. The monoisotopic (exact) mass is 611 g/mol. The molecule has 0 radical (unpaired) electrons. The number of amides is 2. The summed E-state index contributed by atoms with van der Waals surface area (Å²) in [5.41, 5.74) is 2.09. The van der Waals surface area contributed by atoms with Crippen molar-refractivity contribution in [1.29, 1.82) is 0 Å². The molecule has 2 amide bonds. The zero-order valence-electron chi connectivity index (χ0n) is 25.2. The minimum absolute atomic E-state index is 0.0483. The number of hydrogen-bond acceptors (Lipinski definition) is 6. The van der Waals surface area contributed by atoms with Gasteiger partial charge in [0.2, 0.25) is 11.8 Å². The summed E-state index contributed by atoms with van der Waals surface area (Å²) in [4.78, 5) is 29.8. The van der Waals surface area contributed by atoms with Gasteiger partial charge in [-0.05, 0) is 82.3 Å². The maximum Gasteiger partial charge on any atom is 0.264 e. The molecule has 8 nitrogen and oxygen atoms in total. The molecule has 226 valence electrons. The molecule has 0 unspecified atom stereocenters. The lowest BCUT2D eigenvalue weighted by molar-refractivity contribution is -0.139. The molecule has 10 heteroatoms. The van der Waals surface area contributed by atoms with Gasteiger partial charge in [-0.2, -0.15) is 0 Å². The summed E-state index contributed by atoms with van der Waals surface area (Å²) in [7, 11) is -4.20. The lowest BCUT2D eigenvalue weighted by atomic mass is 10.1. The minimum atomic E-state index is -4.20. The zero-order chi connectivity index (χ0) is 30.9. The van der Waals surface area contributed by atoms with Crippen molar-refractivity contribution >= 4 is 39.3 Å². The first-order valence-corrected chi connectivity index (χ1v) is 16.7. The number of nitrogens with zero attached hydrogens (tertiary/aromatic N) is 2. The van der Waals surface area contributed by atoms with Gasteiger partial charge in [-0.1, -0.05) is 48.9 Å². The number of para-hydroxylation sites is 2. The highest BCUT2D eigenvalue weighted by Crippen LogP contribution is 2.33. The van der Waals surface area contributed by atoms with Crippen LogP contribution in [-0.2, 0) is 26.2 Å². The van der Waals surface area contributed by atoms with E-state index < -0.39 is 28.5 Å². The molecular weight excluding hydrogens is 571 g/mol. The van der Waals surface area contributed by atoms with Gasteiger partial charge in [-0.15, -0.1) is 11.8 Å².